The molecule has 1 saturated carbocycles. The first kappa shape index (κ1) is 17.2. The largest absolute Gasteiger partial charge is 0.311 e. The van der Waals surface area contributed by atoms with E-state index in [1.54, 1.807) is 4.90 Å². The fourth-order valence-electron chi connectivity index (χ4n) is 5.49. The van der Waals surface area contributed by atoms with Gasteiger partial charge >= 0.3 is 0 Å². The van der Waals surface area contributed by atoms with Gasteiger partial charge in [0, 0.05) is 25.9 Å². The molecule has 1 spiro atoms. The van der Waals surface area contributed by atoms with Crippen LogP contribution in [0.1, 0.15) is 52.9 Å². The quantitative estimate of drug-likeness (QED) is 0.421. The summed E-state index contributed by atoms with van der Waals surface area (Å²) in [5.74, 6) is 0.754. The molecule has 2 aliphatic carbocycles. The van der Waals surface area contributed by atoms with Crippen LogP contribution in [0, 0.1) is 40.5 Å². The fourth-order valence-corrected chi connectivity index (χ4v) is 5.49. The number of carbonyl (C=O) groups excluding carboxylic acids is 2. The first-order valence-electron chi connectivity index (χ1n) is 9.23. The van der Waals surface area contributed by atoms with Crippen molar-refractivity contribution in [3.8, 4) is 6.19 Å². The molecule has 3 unspecified atom stereocenters. The lowest BCUT2D eigenvalue weighted by Gasteiger charge is -2.46. The van der Waals surface area contributed by atoms with E-state index in [4.69, 9.17) is 5.26 Å². The predicted molar refractivity (Wildman–Crippen MR) is 91.8 cm³/mol. The number of nitriles is 1. The lowest BCUT2D eigenvalue weighted by molar-refractivity contribution is -0.146. The summed E-state index contributed by atoms with van der Waals surface area (Å²) in [5, 5.41) is 9.01. The van der Waals surface area contributed by atoms with E-state index in [1.807, 2.05) is 0 Å². The number of piperidine rings is 1. The topological polar surface area (TPSA) is 61.2 Å². The Morgan fingerprint density at radius 3 is 2.25 bits per heavy atom. The van der Waals surface area contributed by atoms with Crippen LogP contribution in [0.5, 0.6) is 0 Å². The normalized spacial score (nSPS) is 34.2. The molecule has 3 rings (SSSR count). The smallest absolute Gasteiger partial charge is 0.179 e. The molecule has 0 bridgehead atoms. The van der Waals surface area contributed by atoms with Gasteiger partial charge < -0.3 is 4.90 Å². The molecule has 1 aliphatic heterocycles. The maximum atomic E-state index is 13.0. The van der Waals surface area contributed by atoms with E-state index in [0.29, 0.717) is 37.8 Å². The minimum atomic E-state index is -0.404. The Morgan fingerprint density at radius 1 is 1.17 bits per heavy atom. The molecule has 4 nitrogen and oxygen atoms in total. The Balaban J connectivity index is 1.77. The van der Waals surface area contributed by atoms with Gasteiger partial charge in [-0.3, -0.25) is 9.59 Å². The van der Waals surface area contributed by atoms with Crippen molar-refractivity contribution >= 4 is 11.6 Å². The molecule has 0 radical (unpaired) electrons. The zero-order chi connectivity index (χ0) is 17.5. The molecule has 1 saturated heterocycles. The van der Waals surface area contributed by atoms with Crippen LogP contribution in [0.25, 0.3) is 0 Å². The number of ketones is 2. The number of hydrogen-bond acceptors (Lipinski definition) is 4. The van der Waals surface area contributed by atoms with Gasteiger partial charge in [0.2, 0.25) is 0 Å². The number of rotatable bonds is 1. The van der Waals surface area contributed by atoms with Crippen molar-refractivity contribution in [2.45, 2.75) is 52.9 Å². The molecule has 0 aromatic heterocycles. The minimum Gasteiger partial charge on any atom is -0.311 e. The van der Waals surface area contributed by atoms with E-state index in [0.717, 1.165) is 19.3 Å². The van der Waals surface area contributed by atoms with Gasteiger partial charge in [0.1, 0.15) is 11.6 Å². The highest BCUT2D eigenvalue weighted by atomic mass is 16.2. The van der Waals surface area contributed by atoms with Crippen LogP contribution >= 0.6 is 0 Å². The van der Waals surface area contributed by atoms with Crippen LogP contribution in [0.2, 0.25) is 0 Å². The van der Waals surface area contributed by atoms with Crippen molar-refractivity contribution in [2.24, 2.45) is 29.1 Å². The lowest BCUT2D eigenvalue weighted by Crippen LogP contribution is -2.50. The molecule has 0 N–H and O–H groups in total. The Kier molecular flexibility index (Phi) is 4.55. The summed E-state index contributed by atoms with van der Waals surface area (Å²) in [6, 6.07) is 0. The summed E-state index contributed by atoms with van der Waals surface area (Å²) in [7, 11) is 0. The van der Waals surface area contributed by atoms with Gasteiger partial charge in [0.05, 0.1) is 5.92 Å². The number of allylic oxidation sites excluding steroid dienone is 2. The van der Waals surface area contributed by atoms with Crippen LogP contribution in [0.15, 0.2) is 11.6 Å². The second kappa shape index (κ2) is 6.35. The number of nitrogens with zero attached hydrogens (tertiary/aromatic N) is 2. The third kappa shape index (κ3) is 3.01. The molecule has 24 heavy (non-hydrogen) atoms. The molecule has 3 atom stereocenters. The van der Waals surface area contributed by atoms with Crippen LogP contribution in [-0.4, -0.2) is 29.6 Å². The number of carbonyl (C=O) groups is 2. The van der Waals surface area contributed by atoms with E-state index in [2.05, 4.69) is 33.0 Å². The van der Waals surface area contributed by atoms with Crippen molar-refractivity contribution in [3.05, 3.63) is 11.6 Å². The van der Waals surface area contributed by atoms with Gasteiger partial charge in [-0.1, -0.05) is 25.5 Å². The summed E-state index contributed by atoms with van der Waals surface area (Å²) in [6.07, 6.45) is 8.07. The Labute approximate surface area is 144 Å². The average molecular weight is 328 g/mol. The van der Waals surface area contributed by atoms with Crippen molar-refractivity contribution in [1.82, 2.24) is 4.90 Å². The molecule has 130 valence electrons. The van der Waals surface area contributed by atoms with Crippen LogP contribution in [-0.2, 0) is 9.59 Å². The van der Waals surface area contributed by atoms with E-state index < -0.39 is 5.92 Å². The van der Waals surface area contributed by atoms with Gasteiger partial charge in [-0.15, -0.1) is 0 Å². The highest BCUT2D eigenvalue weighted by Crippen LogP contribution is 2.48. The average Bonchev–Trinajstić information content (AvgIpc) is 2.50. The van der Waals surface area contributed by atoms with Crippen LogP contribution in [0.3, 0.4) is 0 Å². The summed E-state index contributed by atoms with van der Waals surface area (Å²) in [6.45, 7) is 7.85. The summed E-state index contributed by atoms with van der Waals surface area (Å²) in [4.78, 5) is 27.7. The van der Waals surface area contributed by atoms with Gasteiger partial charge in [-0.05, 0) is 49.4 Å². The minimum absolute atomic E-state index is 0.158. The highest BCUT2D eigenvalue weighted by molar-refractivity contribution is 6.05. The summed E-state index contributed by atoms with van der Waals surface area (Å²) >= 11 is 0. The number of hydrogen-bond donors (Lipinski definition) is 0. The summed E-state index contributed by atoms with van der Waals surface area (Å²) in [5.41, 5.74) is 1.20. The first-order chi connectivity index (χ1) is 11.3. The molecule has 0 aromatic rings. The van der Waals surface area contributed by atoms with E-state index in [1.165, 1.54) is 5.57 Å². The van der Waals surface area contributed by atoms with Gasteiger partial charge in [0.15, 0.2) is 6.19 Å². The maximum absolute atomic E-state index is 13.0. The molecule has 1 heterocycles. The monoisotopic (exact) mass is 328 g/mol. The molecule has 4 heteroatoms. The third-order valence-corrected chi connectivity index (χ3v) is 6.60. The third-order valence-electron chi connectivity index (χ3n) is 6.60. The standard InChI is InChI=1S/C20H28N2O2/c1-13-8-14(2)18(15(3)9-13)19-16(23)10-20(11-17(19)24)4-6-22(12-21)7-5-20/h8,14-15,18-19H,4-7,9-11H2,1-3H3. The van der Waals surface area contributed by atoms with E-state index in [9.17, 15) is 9.59 Å². The molecule has 0 aromatic carbocycles. The van der Waals surface area contributed by atoms with Gasteiger partial charge in [0.25, 0.3) is 0 Å². The van der Waals surface area contributed by atoms with Crippen LogP contribution < -0.4 is 0 Å². The van der Waals surface area contributed by atoms with Crippen LogP contribution in [0.4, 0.5) is 0 Å². The van der Waals surface area contributed by atoms with Crippen molar-refractivity contribution in [1.29, 1.82) is 5.26 Å². The first-order valence-corrected chi connectivity index (χ1v) is 9.23. The SMILES string of the molecule is CC1=CC(C)C(C2C(=O)CC3(CCN(C#N)CC3)CC2=O)C(C)C1. The van der Waals surface area contributed by atoms with Crippen molar-refractivity contribution in [2.75, 3.05) is 13.1 Å². The van der Waals surface area contributed by atoms with Crippen molar-refractivity contribution < 1.29 is 9.59 Å². The second-order valence-corrected chi connectivity index (χ2v) is 8.48. The lowest BCUT2D eigenvalue weighted by atomic mass is 9.58. The van der Waals surface area contributed by atoms with Crippen molar-refractivity contribution in [3.63, 3.8) is 0 Å². The van der Waals surface area contributed by atoms with Gasteiger partial charge in [-0.25, -0.2) is 0 Å². The zero-order valence-electron chi connectivity index (χ0n) is 15.0. The Hall–Kier alpha value is -1.63. The predicted octanol–water partition coefficient (Wildman–Crippen LogP) is 3.34. The van der Waals surface area contributed by atoms with Gasteiger partial charge in [-0.2, -0.15) is 5.26 Å². The molecular weight excluding hydrogens is 300 g/mol. The number of likely N-dealkylation sites (tertiary alicyclic amines) is 1. The molecule has 3 aliphatic rings. The Morgan fingerprint density at radius 2 is 1.75 bits per heavy atom. The highest BCUT2D eigenvalue weighted by Gasteiger charge is 2.50. The molecule has 0 amide bonds. The fraction of sp³-hybridized carbons (Fsp3) is 0.750. The second-order valence-electron chi connectivity index (χ2n) is 8.48. The molecule has 2 fully saturated rings. The van der Waals surface area contributed by atoms with E-state index >= 15 is 0 Å². The zero-order valence-corrected chi connectivity index (χ0v) is 15.0. The maximum Gasteiger partial charge on any atom is 0.179 e. The molecular formula is C20H28N2O2. The number of Topliss-reactive ketones (excluding diaryl/α,β-unsaturated/α-hetero) is 2. The van der Waals surface area contributed by atoms with E-state index in [-0.39, 0.29) is 22.9 Å². The Bertz CT molecular complexity index is 588. The summed E-state index contributed by atoms with van der Waals surface area (Å²) < 4.78 is 0.